The first kappa shape index (κ1) is 12.4. The fraction of sp³-hybridized carbons (Fsp3) is 0.812. The summed E-state index contributed by atoms with van der Waals surface area (Å²) < 4.78 is 5.72. The Labute approximate surface area is 119 Å². The second-order valence-electron chi connectivity index (χ2n) is 7.05. The summed E-state index contributed by atoms with van der Waals surface area (Å²) in [4.78, 5) is 0. The minimum Gasteiger partial charge on any atom is -0.425 e. The predicted molar refractivity (Wildman–Crippen MR) is 72.5 cm³/mol. The molecule has 106 valence electrons. The number of hydrogen-bond donors (Lipinski definition) is 0. The first-order valence-corrected chi connectivity index (χ1v) is 8.00. The molecule has 1 aromatic heterocycles. The zero-order valence-corrected chi connectivity index (χ0v) is 11.8. The van der Waals surface area contributed by atoms with Crippen LogP contribution in [-0.4, -0.2) is 10.2 Å². The van der Waals surface area contributed by atoms with Gasteiger partial charge in [0.15, 0.2) is 0 Å². The highest BCUT2D eigenvalue weighted by molar-refractivity contribution is 5.00. The van der Waals surface area contributed by atoms with Crippen LogP contribution in [-0.2, 0) is 12.8 Å². The lowest BCUT2D eigenvalue weighted by Gasteiger charge is -2.54. The molecule has 0 amide bonds. The molecule has 0 spiro atoms. The van der Waals surface area contributed by atoms with Crippen LogP contribution in [0, 0.1) is 40.9 Å². The molecule has 0 atom stereocenters. The van der Waals surface area contributed by atoms with E-state index in [1.165, 1.54) is 32.1 Å². The molecular weight excluding hydrogens is 250 g/mol. The van der Waals surface area contributed by atoms with Gasteiger partial charge in [-0.1, -0.05) is 0 Å². The second-order valence-corrected chi connectivity index (χ2v) is 7.05. The fourth-order valence-electron chi connectivity index (χ4n) is 5.21. The molecule has 0 saturated heterocycles. The molecule has 4 nitrogen and oxygen atoms in total. The number of aromatic nitrogens is 2. The van der Waals surface area contributed by atoms with Gasteiger partial charge in [-0.2, -0.15) is 5.26 Å². The van der Waals surface area contributed by atoms with Crippen molar-refractivity contribution in [2.24, 2.45) is 29.6 Å². The second kappa shape index (κ2) is 4.87. The standard InChI is InChI=1S/C16H21N3O/c17-3-1-2-15-18-19-16(20-15)9-14-12-5-10-4-11(7-12)8-13(14)6-10/h10-14H,1-2,4-9H2. The Morgan fingerprint density at radius 1 is 1.00 bits per heavy atom. The van der Waals surface area contributed by atoms with Gasteiger partial charge in [0, 0.05) is 19.3 Å². The van der Waals surface area contributed by atoms with E-state index in [9.17, 15) is 0 Å². The topological polar surface area (TPSA) is 62.7 Å². The average molecular weight is 271 g/mol. The van der Waals surface area contributed by atoms with Crippen molar-refractivity contribution in [1.82, 2.24) is 10.2 Å². The van der Waals surface area contributed by atoms with Crippen molar-refractivity contribution in [1.29, 1.82) is 5.26 Å². The Morgan fingerprint density at radius 3 is 2.30 bits per heavy atom. The summed E-state index contributed by atoms with van der Waals surface area (Å²) in [5.74, 6) is 6.04. The van der Waals surface area contributed by atoms with Gasteiger partial charge in [-0.3, -0.25) is 0 Å². The van der Waals surface area contributed by atoms with Crippen LogP contribution in [0.2, 0.25) is 0 Å². The van der Waals surface area contributed by atoms with Crippen molar-refractivity contribution in [2.45, 2.75) is 51.4 Å². The van der Waals surface area contributed by atoms with E-state index in [0.717, 1.165) is 41.9 Å². The largest absolute Gasteiger partial charge is 0.425 e. The smallest absolute Gasteiger partial charge is 0.217 e. The van der Waals surface area contributed by atoms with Crippen LogP contribution >= 0.6 is 0 Å². The number of aryl methyl sites for hydroxylation is 1. The van der Waals surface area contributed by atoms with E-state index in [1.54, 1.807) is 0 Å². The Bertz CT molecular complexity index is 502. The summed E-state index contributed by atoms with van der Waals surface area (Å²) >= 11 is 0. The van der Waals surface area contributed by atoms with Crippen LogP contribution in [0.25, 0.3) is 0 Å². The number of rotatable bonds is 4. The highest BCUT2D eigenvalue weighted by Crippen LogP contribution is 2.57. The van der Waals surface area contributed by atoms with Gasteiger partial charge in [-0.25, -0.2) is 0 Å². The quantitative estimate of drug-likeness (QED) is 0.844. The minimum atomic E-state index is 0.458. The zero-order chi connectivity index (χ0) is 13.5. The third-order valence-electron chi connectivity index (χ3n) is 5.79. The van der Waals surface area contributed by atoms with Crippen LogP contribution in [0.4, 0.5) is 0 Å². The molecule has 4 aliphatic carbocycles. The van der Waals surface area contributed by atoms with E-state index >= 15 is 0 Å². The van der Waals surface area contributed by atoms with Gasteiger partial charge >= 0.3 is 0 Å². The van der Waals surface area contributed by atoms with E-state index in [4.69, 9.17) is 9.68 Å². The summed E-state index contributed by atoms with van der Waals surface area (Å²) in [6.45, 7) is 0. The molecule has 0 aromatic carbocycles. The van der Waals surface area contributed by atoms with E-state index in [1.807, 2.05) is 0 Å². The van der Waals surface area contributed by atoms with Gasteiger partial charge in [0.1, 0.15) is 0 Å². The Kier molecular flexibility index (Phi) is 3.02. The van der Waals surface area contributed by atoms with Gasteiger partial charge in [0.05, 0.1) is 6.07 Å². The molecule has 1 heterocycles. The van der Waals surface area contributed by atoms with Gasteiger partial charge in [0.2, 0.25) is 11.8 Å². The molecule has 4 bridgehead atoms. The number of hydrogen-bond acceptors (Lipinski definition) is 4. The molecule has 4 heteroatoms. The molecule has 4 aliphatic rings. The van der Waals surface area contributed by atoms with Crippen LogP contribution in [0.1, 0.15) is 50.3 Å². The Morgan fingerprint density at radius 2 is 1.65 bits per heavy atom. The van der Waals surface area contributed by atoms with Crippen LogP contribution < -0.4 is 0 Å². The fourth-order valence-corrected chi connectivity index (χ4v) is 5.21. The van der Waals surface area contributed by atoms with Crippen molar-refractivity contribution in [2.75, 3.05) is 0 Å². The summed E-state index contributed by atoms with van der Waals surface area (Å²) in [5.41, 5.74) is 0. The lowest BCUT2D eigenvalue weighted by atomic mass is 9.51. The third kappa shape index (κ3) is 2.13. The van der Waals surface area contributed by atoms with Crippen molar-refractivity contribution in [3.63, 3.8) is 0 Å². The van der Waals surface area contributed by atoms with Crippen LogP contribution in [0.15, 0.2) is 4.42 Å². The first-order chi connectivity index (χ1) is 9.81. The highest BCUT2D eigenvalue weighted by atomic mass is 16.4. The van der Waals surface area contributed by atoms with Gasteiger partial charge in [-0.05, 0) is 61.7 Å². The van der Waals surface area contributed by atoms with Crippen molar-refractivity contribution in [3.8, 4) is 6.07 Å². The van der Waals surface area contributed by atoms with E-state index < -0.39 is 0 Å². The van der Waals surface area contributed by atoms with Crippen molar-refractivity contribution < 1.29 is 4.42 Å². The lowest BCUT2D eigenvalue weighted by molar-refractivity contribution is -0.0382. The maximum atomic E-state index is 8.59. The molecular formula is C16H21N3O. The number of nitrogens with zero attached hydrogens (tertiary/aromatic N) is 3. The molecule has 20 heavy (non-hydrogen) atoms. The molecule has 1 aromatic rings. The van der Waals surface area contributed by atoms with Gasteiger partial charge in [-0.15, -0.1) is 10.2 Å². The SMILES string of the molecule is N#CCCc1nnc(CC2C3CC4CC(C3)CC2C4)o1. The van der Waals surface area contributed by atoms with Crippen LogP contribution in [0.5, 0.6) is 0 Å². The predicted octanol–water partition coefficient (Wildman–Crippen LogP) is 3.14. The van der Waals surface area contributed by atoms with Gasteiger partial charge < -0.3 is 4.42 Å². The molecule has 4 saturated carbocycles. The maximum absolute atomic E-state index is 8.59. The lowest BCUT2D eigenvalue weighted by Crippen LogP contribution is -2.45. The zero-order valence-electron chi connectivity index (χ0n) is 11.8. The van der Waals surface area contributed by atoms with Crippen molar-refractivity contribution in [3.05, 3.63) is 11.8 Å². The van der Waals surface area contributed by atoms with E-state index in [2.05, 4.69) is 16.3 Å². The molecule has 0 N–H and O–H groups in total. The normalized spacial score (nSPS) is 38.0. The van der Waals surface area contributed by atoms with E-state index in [0.29, 0.717) is 18.7 Å². The molecule has 0 unspecified atom stereocenters. The van der Waals surface area contributed by atoms with Crippen molar-refractivity contribution >= 4 is 0 Å². The molecule has 0 radical (unpaired) electrons. The number of nitriles is 1. The summed E-state index contributed by atoms with van der Waals surface area (Å²) in [6.07, 6.45) is 9.26. The summed E-state index contributed by atoms with van der Waals surface area (Å²) in [5, 5.41) is 16.9. The Balaban J connectivity index is 1.44. The van der Waals surface area contributed by atoms with Gasteiger partial charge in [0.25, 0.3) is 0 Å². The van der Waals surface area contributed by atoms with Crippen LogP contribution in [0.3, 0.4) is 0 Å². The molecule has 5 rings (SSSR count). The summed E-state index contributed by atoms with van der Waals surface area (Å²) in [6, 6.07) is 2.12. The third-order valence-corrected chi connectivity index (χ3v) is 5.79. The Hall–Kier alpha value is -1.37. The highest BCUT2D eigenvalue weighted by Gasteiger charge is 2.48. The first-order valence-electron chi connectivity index (χ1n) is 8.00. The maximum Gasteiger partial charge on any atom is 0.217 e. The monoisotopic (exact) mass is 271 g/mol. The average Bonchev–Trinajstić information content (AvgIpc) is 2.87. The van der Waals surface area contributed by atoms with E-state index in [-0.39, 0.29) is 0 Å². The molecule has 4 fully saturated rings. The molecule has 0 aliphatic heterocycles. The summed E-state index contributed by atoms with van der Waals surface area (Å²) in [7, 11) is 0. The minimum absolute atomic E-state index is 0.458.